The Morgan fingerprint density at radius 1 is 1.04 bits per heavy atom. The lowest BCUT2D eigenvalue weighted by Crippen LogP contribution is -2.42. The summed E-state index contributed by atoms with van der Waals surface area (Å²) in [6.45, 7) is 1.93. The third-order valence-electron chi connectivity index (χ3n) is 3.02. The van der Waals surface area contributed by atoms with E-state index in [0.29, 0.717) is 11.1 Å². The van der Waals surface area contributed by atoms with Gasteiger partial charge in [-0.25, -0.2) is 4.79 Å². The lowest BCUT2D eigenvalue weighted by molar-refractivity contribution is -0.139. The molecule has 2 aromatic rings. The van der Waals surface area contributed by atoms with Crippen LogP contribution in [0.25, 0.3) is 0 Å². The summed E-state index contributed by atoms with van der Waals surface area (Å²) in [5, 5.41) is 28.5. The van der Waals surface area contributed by atoms with Crippen molar-refractivity contribution in [3.05, 3.63) is 65.7 Å². The van der Waals surface area contributed by atoms with E-state index >= 15 is 0 Å². The molecule has 6 heteroatoms. The molecule has 128 valence electrons. The fraction of sp³-hybridized carbons (Fsp3) is 0.222. The van der Waals surface area contributed by atoms with E-state index in [1.54, 1.807) is 49.4 Å². The average Bonchev–Trinajstić information content (AvgIpc) is 2.57. The molecule has 0 aromatic heterocycles. The molecule has 2 rings (SSSR count). The lowest BCUT2D eigenvalue weighted by atomic mass is 10.1. The van der Waals surface area contributed by atoms with Crippen LogP contribution in [0, 0.1) is 0 Å². The van der Waals surface area contributed by atoms with Gasteiger partial charge in [-0.2, -0.15) is 0 Å². The molecule has 0 unspecified atom stereocenters. The monoisotopic (exact) mass is 331 g/mol. The van der Waals surface area contributed by atoms with E-state index in [1.807, 2.05) is 0 Å². The second-order valence-corrected chi connectivity index (χ2v) is 4.92. The van der Waals surface area contributed by atoms with Gasteiger partial charge in [-0.05, 0) is 36.8 Å². The first-order valence-corrected chi connectivity index (χ1v) is 7.45. The fourth-order valence-electron chi connectivity index (χ4n) is 1.90. The van der Waals surface area contributed by atoms with Crippen LogP contribution in [0.1, 0.15) is 22.8 Å². The average molecular weight is 331 g/mol. The number of hydrogen-bond acceptors (Lipinski definition) is 4. The third-order valence-corrected chi connectivity index (χ3v) is 3.02. The quantitative estimate of drug-likeness (QED) is 0.668. The van der Waals surface area contributed by atoms with Gasteiger partial charge in [0.2, 0.25) is 0 Å². The fourth-order valence-corrected chi connectivity index (χ4v) is 1.90. The number of carboxylic acids is 1. The molecule has 0 fully saturated rings. The minimum absolute atomic E-state index is 0.110. The van der Waals surface area contributed by atoms with Crippen molar-refractivity contribution in [3.63, 3.8) is 0 Å². The summed E-state index contributed by atoms with van der Waals surface area (Å²) in [5.74, 6) is -1.42. The van der Waals surface area contributed by atoms with Crippen molar-refractivity contribution < 1.29 is 24.9 Å². The van der Waals surface area contributed by atoms with Crippen molar-refractivity contribution in [3.8, 4) is 5.75 Å². The Kier molecular flexibility index (Phi) is 8.01. The zero-order valence-electron chi connectivity index (χ0n) is 13.3. The number of phenolic OH excluding ortho intramolecular Hbond substituents is 1. The van der Waals surface area contributed by atoms with E-state index in [9.17, 15) is 19.8 Å². The highest BCUT2D eigenvalue weighted by atomic mass is 16.4. The number of benzene rings is 2. The Morgan fingerprint density at radius 3 is 2.08 bits per heavy atom. The molecule has 2 aromatic carbocycles. The van der Waals surface area contributed by atoms with Gasteiger partial charge in [-0.15, -0.1) is 0 Å². The first kappa shape index (κ1) is 19.2. The highest BCUT2D eigenvalue weighted by Gasteiger charge is 2.21. The first-order chi connectivity index (χ1) is 11.5. The second kappa shape index (κ2) is 10.0. The Morgan fingerprint density at radius 2 is 1.58 bits per heavy atom. The molecule has 0 aliphatic rings. The Bertz CT molecular complexity index is 640. The van der Waals surface area contributed by atoms with E-state index < -0.39 is 17.9 Å². The third kappa shape index (κ3) is 6.50. The Hall–Kier alpha value is -2.86. The van der Waals surface area contributed by atoms with E-state index in [4.69, 9.17) is 5.11 Å². The maximum absolute atomic E-state index is 12.0. The van der Waals surface area contributed by atoms with Crippen molar-refractivity contribution in [1.29, 1.82) is 0 Å². The van der Waals surface area contributed by atoms with Crippen molar-refractivity contribution in [2.24, 2.45) is 0 Å². The first-order valence-electron chi connectivity index (χ1n) is 7.45. The number of aliphatic carboxylic acids is 1. The van der Waals surface area contributed by atoms with Gasteiger partial charge in [-0.3, -0.25) is 4.79 Å². The molecule has 0 heterocycles. The topological polar surface area (TPSA) is 107 Å². The number of aromatic hydroxyl groups is 1. The molecule has 0 spiro atoms. The largest absolute Gasteiger partial charge is 0.508 e. The molecule has 0 saturated heterocycles. The number of carboxylic acid groups (broad SMARTS) is 1. The molecule has 0 aliphatic heterocycles. The zero-order valence-corrected chi connectivity index (χ0v) is 13.3. The van der Waals surface area contributed by atoms with Crippen LogP contribution in [-0.2, 0) is 11.2 Å². The van der Waals surface area contributed by atoms with Crippen LogP contribution in [0.3, 0.4) is 0 Å². The molecule has 6 nitrogen and oxygen atoms in total. The van der Waals surface area contributed by atoms with Gasteiger partial charge < -0.3 is 20.6 Å². The van der Waals surface area contributed by atoms with E-state index in [-0.39, 0.29) is 18.8 Å². The van der Waals surface area contributed by atoms with E-state index in [2.05, 4.69) is 5.32 Å². The molecule has 0 radical (unpaired) electrons. The van der Waals surface area contributed by atoms with Gasteiger partial charge in [-0.1, -0.05) is 30.3 Å². The van der Waals surface area contributed by atoms with Crippen LogP contribution in [-0.4, -0.2) is 39.8 Å². The van der Waals surface area contributed by atoms with Crippen molar-refractivity contribution in [1.82, 2.24) is 5.32 Å². The van der Waals surface area contributed by atoms with Gasteiger partial charge in [0, 0.05) is 18.6 Å². The minimum atomic E-state index is -1.10. The van der Waals surface area contributed by atoms with Gasteiger partial charge in [0.05, 0.1) is 0 Å². The number of aliphatic hydroxyl groups is 1. The van der Waals surface area contributed by atoms with Gasteiger partial charge in [0.1, 0.15) is 11.8 Å². The number of aliphatic hydroxyl groups excluding tert-OH is 1. The molecule has 0 saturated carbocycles. The molecule has 1 amide bonds. The van der Waals surface area contributed by atoms with Crippen LogP contribution in [0.15, 0.2) is 54.6 Å². The van der Waals surface area contributed by atoms with Crippen LogP contribution < -0.4 is 5.32 Å². The van der Waals surface area contributed by atoms with Crippen LogP contribution in [0.2, 0.25) is 0 Å². The Labute approximate surface area is 140 Å². The summed E-state index contributed by atoms with van der Waals surface area (Å²) in [6, 6.07) is 13.6. The van der Waals surface area contributed by atoms with Crippen LogP contribution in [0.4, 0.5) is 0 Å². The molecule has 1 atom stereocenters. The zero-order chi connectivity index (χ0) is 17.9. The predicted molar refractivity (Wildman–Crippen MR) is 89.9 cm³/mol. The number of carbonyl (C=O) groups is 2. The summed E-state index contributed by atoms with van der Waals surface area (Å²) in [4.78, 5) is 23.3. The summed E-state index contributed by atoms with van der Waals surface area (Å²) in [7, 11) is 0. The summed E-state index contributed by atoms with van der Waals surface area (Å²) in [6.07, 6.45) is 0.147. The maximum Gasteiger partial charge on any atom is 0.326 e. The molecule has 0 aliphatic carbocycles. The highest BCUT2D eigenvalue weighted by molar-refractivity contribution is 5.96. The summed E-state index contributed by atoms with van der Waals surface area (Å²) in [5.41, 5.74) is 1.13. The number of phenols is 1. The summed E-state index contributed by atoms with van der Waals surface area (Å²) < 4.78 is 0. The number of nitrogens with one attached hydrogen (secondary N) is 1. The summed E-state index contributed by atoms with van der Waals surface area (Å²) >= 11 is 0. The number of carbonyl (C=O) groups excluding carboxylic acids is 1. The van der Waals surface area contributed by atoms with Crippen molar-refractivity contribution in [2.45, 2.75) is 19.4 Å². The maximum atomic E-state index is 12.0. The van der Waals surface area contributed by atoms with Gasteiger partial charge in [0.15, 0.2) is 0 Å². The SMILES string of the molecule is CCO.O=C(N[C@@H](Cc1ccc(O)cc1)C(=O)O)c1ccccc1. The van der Waals surface area contributed by atoms with Crippen molar-refractivity contribution >= 4 is 11.9 Å². The Balaban J connectivity index is 0.000000891. The normalized spacial score (nSPS) is 10.9. The minimum Gasteiger partial charge on any atom is -0.508 e. The van der Waals surface area contributed by atoms with Crippen LogP contribution in [0.5, 0.6) is 5.75 Å². The molecule has 0 bridgehead atoms. The molecule has 24 heavy (non-hydrogen) atoms. The van der Waals surface area contributed by atoms with E-state index in [0.717, 1.165) is 0 Å². The van der Waals surface area contributed by atoms with E-state index in [1.165, 1.54) is 12.1 Å². The smallest absolute Gasteiger partial charge is 0.326 e. The van der Waals surface area contributed by atoms with Gasteiger partial charge >= 0.3 is 5.97 Å². The van der Waals surface area contributed by atoms with Crippen LogP contribution >= 0.6 is 0 Å². The number of hydrogen-bond donors (Lipinski definition) is 4. The predicted octanol–water partition coefficient (Wildman–Crippen LogP) is 1.82. The molecular weight excluding hydrogens is 310 g/mol. The second-order valence-electron chi connectivity index (χ2n) is 4.92. The molecular formula is C18H21NO5. The van der Waals surface area contributed by atoms with Gasteiger partial charge in [0.25, 0.3) is 5.91 Å². The molecule has 4 N–H and O–H groups in total. The lowest BCUT2D eigenvalue weighted by Gasteiger charge is -2.14. The highest BCUT2D eigenvalue weighted by Crippen LogP contribution is 2.12. The number of amides is 1. The number of rotatable bonds is 5. The van der Waals surface area contributed by atoms with Crippen molar-refractivity contribution in [2.75, 3.05) is 6.61 Å². The standard InChI is InChI=1S/C16H15NO4.C2H6O/c18-13-8-6-11(7-9-13)10-14(16(20)21)17-15(19)12-4-2-1-3-5-12;1-2-3/h1-9,14,18H,10H2,(H,17,19)(H,20,21);3H,2H2,1H3/t14-;/m0./s1.